The lowest BCUT2D eigenvalue weighted by Gasteiger charge is -2.04. The van der Waals surface area contributed by atoms with Gasteiger partial charge in [-0.1, -0.05) is 34.1 Å². The molecule has 0 saturated heterocycles. The normalized spacial score (nSPS) is 11.7. The fourth-order valence-electron chi connectivity index (χ4n) is 1.46. The summed E-state index contributed by atoms with van der Waals surface area (Å²) < 4.78 is 3.22. The van der Waals surface area contributed by atoms with Crippen LogP contribution < -0.4 is 0 Å². The van der Waals surface area contributed by atoms with Crippen molar-refractivity contribution in [3.8, 4) is 0 Å². The number of halogens is 1. The molecule has 0 amide bonds. The van der Waals surface area contributed by atoms with E-state index >= 15 is 0 Å². The molecule has 76 valence electrons. The van der Waals surface area contributed by atoms with Gasteiger partial charge in [0.1, 0.15) is 0 Å². The van der Waals surface area contributed by atoms with Gasteiger partial charge in [0.05, 0.1) is 0 Å². The highest BCUT2D eigenvalue weighted by molar-refractivity contribution is 9.10. The van der Waals surface area contributed by atoms with Gasteiger partial charge in [-0.2, -0.15) is 0 Å². The van der Waals surface area contributed by atoms with E-state index in [0.29, 0.717) is 0 Å². The maximum absolute atomic E-state index is 3.53. The van der Waals surface area contributed by atoms with Crippen LogP contribution in [0.1, 0.15) is 12.5 Å². The van der Waals surface area contributed by atoms with Crippen molar-refractivity contribution in [1.29, 1.82) is 0 Å². The minimum absolute atomic E-state index is 1.12. The SMILES string of the molecule is C/C(=C\c1ccccc1Br)n1cccc1. The predicted octanol–water partition coefficient (Wildman–Crippen LogP) is 4.27. The molecule has 1 heterocycles. The summed E-state index contributed by atoms with van der Waals surface area (Å²) in [6, 6.07) is 12.3. The van der Waals surface area contributed by atoms with Gasteiger partial charge in [-0.3, -0.25) is 0 Å². The molecule has 1 aromatic carbocycles. The lowest BCUT2D eigenvalue weighted by Crippen LogP contribution is -1.88. The molecule has 2 rings (SSSR count). The first-order valence-corrected chi connectivity index (χ1v) is 5.63. The fourth-order valence-corrected chi connectivity index (χ4v) is 1.86. The van der Waals surface area contributed by atoms with E-state index in [1.165, 1.54) is 11.3 Å². The van der Waals surface area contributed by atoms with Crippen molar-refractivity contribution in [2.24, 2.45) is 0 Å². The zero-order chi connectivity index (χ0) is 10.7. The largest absolute Gasteiger partial charge is 0.328 e. The first-order chi connectivity index (χ1) is 7.27. The summed E-state index contributed by atoms with van der Waals surface area (Å²) in [5.74, 6) is 0. The van der Waals surface area contributed by atoms with Crippen molar-refractivity contribution >= 4 is 27.7 Å². The Balaban J connectivity index is 2.35. The van der Waals surface area contributed by atoms with Crippen LogP contribution >= 0.6 is 15.9 Å². The minimum Gasteiger partial charge on any atom is -0.328 e. The molecule has 1 aromatic heterocycles. The third kappa shape index (κ3) is 2.39. The lowest BCUT2D eigenvalue weighted by molar-refractivity contribution is 1.11. The highest BCUT2D eigenvalue weighted by Gasteiger charge is 1.96. The molecule has 0 N–H and O–H groups in total. The minimum atomic E-state index is 1.12. The summed E-state index contributed by atoms with van der Waals surface area (Å²) in [6.07, 6.45) is 6.25. The van der Waals surface area contributed by atoms with Crippen LogP contribution in [0.15, 0.2) is 53.3 Å². The average molecular weight is 262 g/mol. The average Bonchev–Trinajstić information content (AvgIpc) is 2.74. The summed E-state index contributed by atoms with van der Waals surface area (Å²) in [5.41, 5.74) is 2.40. The van der Waals surface area contributed by atoms with Crippen molar-refractivity contribution in [3.63, 3.8) is 0 Å². The second-order valence-corrected chi connectivity index (χ2v) is 4.25. The first kappa shape index (κ1) is 10.2. The second kappa shape index (κ2) is 4.49. The molecule has 0 saturated carbocycles. The molecule has 0 atom stereocenters. The Labute approximate surface area is 98.2 Å². The van der Waals surface area contributed by atoms with Gasteiger partial charge < -0.3 is 4.57 Å². The summed E-state index contributed by atoms with van der Waals surface area (Å²) in [4.78, 5) is 0. The molecular weight excluding hydrogens is 250 g/mol. The van der Waals surface area contributed by atoms with Crippen LogP contribution in [0.3, 0.4) is 0 Å². The van der Waals surface area contributed by atoms with Crippen LogP contribution in [-0.2, 0) is 0 Å². The topological polar surface area (TPSA) is 4.93 Å². The third-order valence-electron chi connectivity index (χ3n) is 2.28. The quantitative estimate of drug-likeness (QED) is 0.761. The van der Waals surface area contributed by atoms with E-state index in [1.807, 2.05) is 36.7 Å². The molecule has 0 spiro atoms. The van der Waals surface area contributed by atoms with Crippen molar-refractivity contribution in [1.82, 2.24) is 4.57 Å². The van der Waals surface area contributed by atoms with E-state index < -0.39 is 0 Å². The number of allylic oxidation sites excluding steroid dienone is 1. The third-order valence-corrected chi connectivity index (χ3v) is 3.00. The summed E-state index contributed by atoms with van der Waals surface area (Å²) in [5, 5.41) is 0. The molecular formula is C13H12BrN. The number of nitrogens with zero attached hydrogens (tertiary/aromatic N) is 1. The molecule has 1 nitrogen and oxygen atoms in total. The highest BCUT2D eigenvalue weighted by atomic mass is 79.9. The van der Waals surface area contributed by atoms with E-state index in [0.717, 1.165) is 4.47 Å². The van der Waals surface area contributed by atoms with Gasteiger partial charge in [-0.05, 0) is 36.8 Å². The highest BCUT2D eigenvalue weighted by Crippen LogP contribution is 2.20. The van der Waals surface area contributed by atoms with Crippen LogP contribution in [0.25, 0.3) is 11.8 Å². The predicted molar refractivity (Wildman–Crippen MR) is 68.4 cm³/mol. The molecule has 0 bridgehead atoms. The molecule has 2 heteroatoms. The van der Waals surface area contributed by atoms with Crippen LogP contribution in [0.2, 0.25) is 0 Å². The maximum atomic E-state index is 3.53. The number of hydrogen-bond donors (Lipinski definition) is 0. The van der Waals surface area contributed by atoms with E-state index in [4.69, 9.17) is 0 Å². The Morgan fingerprint density at radius 2 is 1.80 bits per heavy atom. The number of aromatic nitrogens is 1. The zero-order valence-corrected chi connectivity index (χ0v) is 10.1. The van der Waals surface area contributed by atoms with Gasteiger partial charge in [-0.25, -0.2) is 0 Å². The van der Waals surface area contributed by atoms with E-state index in [2.05, 4.69) is 45.6 Å². The summed E-state index contributed by atoms with van der Waals surface area (Å²) in [6.45, 7) is 2.10. The monoisotopic (exact) mass is 261 g/mol. The van der Waals surface area contributed by atoms with Crippen molar-refractivity contribution < 1.29 is 0 Å². The Kier molecular flexibility index (Phi) is 3.07. The Hall–Kier alpha value is -1.28. The van der Waals surface area contributed by atoms with Crippen LogP contribution in [0, 0.1) is 0 Å². The fraction of sp³-hybridized carbons (Fsp3) is 0.0769. The Morgan fingerprint density at radius 3 is 2.47 bits per heavy atom. The molecule has 0 unspecified atom stereocenters. The van der Waals surface area contributed by atoms with Gasteiger partial charge >= 0.3 is 0 Å². The summed E-state index contributed by atoms with van der Waals surface area (Å²) in [7, 11) is 0. The molecule has 2 aromatic rings. The van der Waals surface area contributed by atoms with Gasteiger partial charge in [0.2, 0.25) is 0 Å². The van der Waals surface area contributed by atoms with Gasteiger partial charge in [-0.15, -0.1) is 0 Å². The first-order valence-electron chi connectivity index (χ1n) is 4.83. The molecule has 0 aliphatic rings. The number of benzene rings is 1. The van der Waals surface area contributed by atoms with Gasteiger partial charge in [0.25, 0.3) is 0 Å². The number of rotatable bonds is 2. The van der Waals surface area contributed by atoms with Crippen molar-refractivity contribution in [2.75, 3.05) is 0 Å². The van der Waals surface area contributed by atoms with Gasteiger partial charge in [0.15, 0.2) is 0 Å². The lowest BCUT2D eigenvalue weighted by atomic mass is 10.2. The van der Waals surface area contributed by atoms with Crippen molar-refractivity contribution in [3.05, 3.63) is 58.8 Å². The summed E-state index contributed by atoms with van der Waals surface area (Å²) >= 11 is 3.53. The van der Waals surface area contributed by atoms with Crippen molar-refractivity contribution in [2.45, 2.75) is 6.92 Å². The van der Waals surface area contributed by atoms with Crippen LogP contribution in [-0.4, -0.2) is 4.57 Å². The molecule has 0 radical (unpaired) electrons. The second-order valence-electron chi connectivity index (χ2n) is 3.40. The number of hydrogen-bond acceptors (Lipinski definition) is 0. The Morgan fingerprint density at radius 1 is 1.13 bits per heavy atom. The standard InChI is InChI=1S/C13H12BrN/c1-11(15-8-4-5-9-15)10-12-6-2-3-7-13(12)14/h2-10H,1H3/b11-10+. The maximum Gasteiger partial charge on any atom is 0.0248 e. The zero-order valence-electron chi connectivity index (χ0n) is 8.52. The van der Waals surface area contributed by atoms with Crippen LogP contribution in [0.4, 0.5) is 0 Å². The van der Waals surface area contributed by atoms with E-state index in [1.54, 1.807) is 0 Å². The molecule has 0 aliphatic heterocycles. The van der Waals surface area contributed by atoms with E-state index in [-0.39, 0.29) is 0 Å². The van der Waals surface area contributed by atoms with Gasteiger partial charge in [0, 0.05) is 22.6 Å². The van der Waals surface area contributed by atoms with E-state index in [9.17, 15) is 0 Å². The van der Waals surface area contributed by atoms with Crippen LogP contribution in [0.5, 0.6) is 0 Å². The Bertz CT molecular complexity index is 469. The molecule has 0 fully saturated rings. The molecule has 15 heavy (non-hydrogen) atoms. The molecule has 0 aliphatic carbocycles. The smallest absolute Gasteiger partial charge is 0.0248 e.